The van der Waals surface area contributed by atoms with Crippen LogP contribution in [0.3, 0.4) is 0 Å². The molecule has 0 aromatic carbocycles. The van der Waals surface area contributed by atoms with Gasteiger partial charge in [-0.25, -0.2) is 9.59 Å². The van der Waals surface area contributed by atoms with Gasteiger partial charge in [0.2, 0.25) is 5.91 Å². The maximum absolute atomic E-state index is 12.9. The molecule has 188 valence electrons. The van der Waals surface area contributed by atoms with E-state index in [-0.39, 0.29) is 59.9 Å². The largest absolute Gasteiger partial charge is 0.465 e. The zero-order chi connectivity index (χ0) is 26.1. The highest BCUT2D eigenvalue weighted by atomic mass is 16.6. The Morgan fingerprint density at radius 2 is 1.09 bits per heavy atom. The van der Waals surface area contributed by atoms with Gasteiger partial charge in [0.1, 0.15) is 0 Å². The van der Waals surface area contributed by atoms with Crippen molar-refractivity contribution in [2.75, 3.05) is 31.7 Å². The molecule has 0 aromatic rings. The molecule has 0 aliphatic heterocycles. The molecule has 0 saturated heterocycles. The molecule has 0 atom stereocenters. The summed E-state index contributed by atoms with van der Waals surface area (Å²) in [5, 5.41) is 2.54. The molecule has 0 heterocycles. The van der Waals surface area contributed by atoms with Gasteiger partial charge in [-0.15, -0.1) is 0 Å². The summed E-state index contributed by atoms with van der Waals surface area (Å²) in [7, 11) is 0. The fourth-order valence-electron chi connectivity index (χ4n) is 3.57. The number of fused-ring (bicyclic) bond motifs is 1. The molecule has 1 N–H and O–H groups in total. The smallest absolute Gasteiger partial charge is 0.340 e. The monoisotopic (exact) mass is 487 g/mol. The van der Waals surface area contributed by atoms with E-state index in [0.717, 1.165) is 0 Å². The van der Waals surface area contributed by atoms with Gasteiger partial charge in [-0.05, 0) is 44.4 Å². The maximum atomic E-state index is 12.9. The summed E-state index contributed by atoms with van der Waals surface area (Å²) in [6.07, 6.45) is 0. The van der Waals surface area contributed by atoms with E-state index >= 15 is 0 Å². The van der Waals surface area contributed by atoms with Crippen LogP contribution in [-0.2, 0) is 33.3 Å². The molecule has 0 spiro atoms. The van der Waals surface area contributed by atoms with Crippen molar-refractivity contribution in [3.05, 3.63) is 41.0 Å². The summed E-state index contributed by atoms with van der Waals surface area (Å²) in [6, 6.07) is 5.85. The summed E-state index contributed by atoms with van der Waals surface area (Å²) in [4.78, 5) is 62.8. The first-order valence-corrected chi connectivity index (χ1v) is 11.3. The lowest BCUT2D eigenvalue weighted by Crippen LogP contribution is -2.26. The maximum Gasteiger partial charge on any atom is 0.340 e. The number of esters is 4. The number of ether oxygens (including phenoxy) is 4. The van der Waals surface area contributed by atoms with Crippen LogP contribution in [-0.4, -0.2) is 56.2 Å². The summed E-state index contributed by atoms with van der Waals surface area (Å²) >= 11 is 0. The zero-order valence-electron chi connectivity index (χ0n) is 20.4. The summed E-state index contributed by atoms with van der Waals surface area (Å²) in [6.45, 7) is 7.92. The van der Waals surface area contributed by atoms with Crippen molar-refractivity contribution in [1.29, 1.82) is 0 Å². The third-order valence-corrected chi connectivity index (χ3v) is 4.85. The predicted molar refractivity (Wildman–Crippen MR) is 125 cm³/mol. The Balaban J connectivity index is 2.86. The van der Waals surface area contributed by atoms with E-state index in [4.69, 9.17) is 18.9 Å². The van der Waals surface area contributed by atoms with Crippen LogP contribution in [0.5, 0.6) is 0 Å². The third-order valence-electron chi connectivity index (χ3n) is 4.85. The number of carbonyl (C=O) groups excluding carboxylic acids is 5. The van der Waals surface area contributed by atoms with Crippen LogP contribution in [0.1, 0.15) is 66.8 Å². The van der Waals surface area contributed by atoms with Crippen LogP contribution in [0, 0.1) is 0 Å². The fourth-order valence-corrected chi connectivity index (χ4v) is 3.57. The molecule has 0 radical (unpaired) electrons. The van der Waals surface area contributed by atoms with Crippen molar-refractivity contribution in [3.8, 4) is 11.1 Å². The molecule has 2 aliphatic carbocycles. The number of hydrogen-bond donors (Lipinski definition) is 1. The molecule has 0 saturated carbocycles. The number of amides is 1. The zero-order valence-corrected chi connectivity index (χ0v) is 20.4. The number of carbonyl (C=O) groups is 5. The molecular weight excluding hydrogens is 458 g/mol. The second-order valence-electron chi connectivity index (χ2n) is 7.18. The lowest BCUT2D eigenvalue weighted by Gasteiger charge is -2.13. The van der Waals surface area contributed by atoms with E-state index in [9.17, 15) is 24.0 Å². The standard InChI is InChI=1S/C25H29NO9/c1-6-32-22(28)18(23(29)33-7-2)15-10-12-16-17(13-11-15)20(25(31)35-9-4)21(26-14(5)27)19(16)24(30)34-8-3/h10-13,18H,6-9H2,1-5H3,(H,26,27). The van der Waals surface area contributed by atoms with Crippen molar-refractivity contribution >= 4 is 35.5 Å². The van der Waals surface area contributed by atoms with E-state index < -0.39 is 35.7 Å². The highest BCUT2D eigenvalue weighted by Gasteiger charge is 2.35. The van der Waals surface area contributed by atoms with Gasteiger partial charge in [-0.1, -0.05) is 24.3 Å². The van der Waals surface area contributed by atoms with E-state index in [0.29, 0.717) is 0 Å². The predicted octanol–water partition coefficient (Wildman–Crippen LogP) is 3.31. The van der Waals surface area contributed by atoms with E-state index in [1.165, 1.54) is 31.2 Å². The number of hydrogen-bond acceptors (Lipinski definition) is 9. The Kier molecular flexibility index (Phi) is 9.74. The van der Waals surface area contributed by atoms with Crippen LogP contribution >= 0.6 is 0 Å². The quantitative estimate of drug-likeness (QED) is 0.304. The average Bonchev–Trinajstić information content (AvgIpc) is 2.93. The molecule has 0 unspecified atom stereocenters. The highest BCUT2D eigenvalue weighted by molar-refractivity contribution is 6.18. The van der Waals surface area contributed by atoms with Crippen LogP contribution in [0.15, 0.2) is 24.3 Å². The lowest BCUT2D eigenvalue weighted by atomic mass is 10.0. The van der Waals surface area contributed by atoms with Gasteiger partial charge in [-0.3, -0.25) is 14.4 Å². The minimum Gasteiger partial charge on any atom is -0.465 e. The second kappa shape index (κ2) is 12.5. The molecule has 0 aromatic heterocycles. The van der Waals surface area contributed by atoms with Crippen LogP contribution in [0.4, 0.5) is 5.69 Å². The molecule has 0 bridgehead atoms. The third kappa shape index (κ3) is 6.14. The van der Waals surface area contributed by atoms with Crippen molar-refractivity contribution < 1.29 is 42.9 Å². The summed E-state index contributed by atoms with van der Waals surface area (Å²) < 4.78 is 20.4. The van der Waals surface area contributed by atoms with E-state index in [1.807, 2.05) is 0 Å². The number of nitrogens with one attached hydrogen (secondary N) is 1. The van der Waals surface area contributed by atoms with Gasteiger partial charge in [0, 0.05) is 6.92 Å². The molecule has 1 amide bonds. The molecule has 2 aliphatic rings. The van der Waals surface area contributed by atoms with E-state index in [2.05, 4.69) is 5.32 Å². The SMILES string of the molecule is CCOC(=O)c1c2ccc(C(C(=O)OCC)C(=O)OCC)ccc-2c(C(=O)OCC)c1NC(C)=O. The van der Waals surface area contributed by atoms with Gasteiger partial charge < -0.3 is 24.3 Å². The van der Waals surface area contributed by atoms with Gasteiger partial charge in [0.25, 0.3) is 0 Å². The summed E-state index contributed by atoms with van der Waals surface area (Å²) in [5.74, 6) is -5.02. The highest BCUT2D eigenvalue weighted by Crippen LogP contribution is 2.42. The Bertz CT molecular complexity index is 1020. The topological polar surface area (TPSA) is 134 Å². The van der Waals surface area contributed by atoms with Crippen LogP contribution < -0.4 is 5.32 Å². The van der Waals surface area contributed by atoms with Crippen LogP contribution in [0.2, 0.25) is 0 Å². The second-order valence-corrected chi connectivity index (χ2v) is 7.18. The van der Waals surface area contributed by atoms with Gasteiger partial charge in [0.05, 0.1) is 43.2 Å². The first kappa shape index (κ1) is 27.3. The van der Waals surface area contributed by atoms with Crippen molar-refractivity contribution in [1.82, 2.24) is 0 Å². The molecule has 35 heavy (non-hydrogen) atoms. The molecule has 10 nitrogen and oxygen atoms in total. The Labute approximate surface area is 203 Å². The fraction of sp³-hybridized carbons (Fsp3) is 0.400. The van der Waals surface area contributed by atoms with Gasteiger partial charge >= 0.3 is 23.9 Å². The van der Waals surface area contributed by atoms with Crippen molar-refractivity contribution in [3.63, 3.8) is 0 Å². The van der Waals surface area contributed by atoms with Crippen molar-refractivity contribution in [2.45, 2.75) is 40.5 Å². The van der Waals surface area contributed by atoms with Crippen LogP contribution in [0.25, 0.3) is 11.1 Å². The Morgan fingerprint density at radius 3 is 1.43 bits per heavy atom. The van der Waals surface area contributed by atoms with Crippen molar-refractivity contribution in [2.24, 2.45) is 0 Å². The summed E-state index contributed by atoms with van der Waals surface area (Å²) in [5.41, 5.74) is 0.603. The minimum atomic E-state index is -1.38. The molecular formula is C25H29NO9. The van der Waals surface area contributed by atoms with E-state index in [1.54, 1.807) is 27.7 Å². The lowest BCUT2D eigenvalue weighted by molar-refractivity contribution is -0.157. The Morgan fingerprint density at radius 1 is 0.686 bits per heavy atom. The number of rotatable bonds is 10. The van der Waals surface area contributed by atoms with Gasteiger partial charge in [-0.2, -0.15) is 0 Å². The first-order chi connectivity index (χ1) is 16.7. The first-order valence-electron chi connectivity index (χ1n) is 11.3. The van der Waals surface area contributed by atoms with Gasteiger partial charge in [0.15, 0.2) is 5.92 Å². The molecule has 10 heteroatoms. The average molecular weight is 488 g/mol. The minimum absolute atomic E-state index is 0.0375. The molecule has 0 fully saturated rings. The normalized spacial score (nSPS) is 10.6. The molecule has 2 rings (SSSR count). The number of anilines is 1. The Hall–Kier alpha value is -3.95.